The van der Waals surface area contributed by atoms with E-state index in [1.165, 1.54) is 25.9 Å². The van der Waals surface area contributed by atoms with Gasteiger partial charge in [-0.15, -0.1) is 0 Å². The summed E-state index contributed by atoms with van der Waals surface area (Å²) in [5.41, 5.74) is 1.60. The number of hydrogen-bond acceptors (Lipinski definition) is 9. The molecular weight excluding hydrogens is 400 g/mol. The lowest BCUT2D eigenvalue weighted by Crippen LogP contribution is -2.22. The Balaban J connectivity index is 1.54. The first kappa shape index (κ1) is 21.2. The van der Waals surface area contributed by atoms with Crippen LogP contribution in [0.4, 0.5) is 11.9 Å². The fourth-order valence-corrected chi connectivity index (χ4v) is 3.77. The van der Waals surface area contributed by atoms with Gasteiger partial charge in [0.15, 0.2) is 5.65 Å². The second-order valence-corrected chi connectivity index (χ2v) is 7.68. The maximum atomic E-state index is 11.9. The zero-order valence-corrected chi connectivity index (χ0v) is 17.7. The molecule has 0 spiro atoms. The standard InChI is InChI=1S/C20H28N8O3/c1-31-10-6-22-20-26-19(21-5-4-9-27-7-2-3-8-27)25-17-15(13-23-28(17)20)11-14-12-16(29)24-18(14)30/h11,13H,2-10,12H2,1H3,(H,24,29,30)(H2,21,22,25,26). The van der Waals surface area contributed by atoms with E-state index in [4.69, 9.17) is 4.74 Å². The van der Waals surface area contributed by atoms with Gasteiger partial charge < -0.3 is 20.3 Å². The van der Waals surface area contributed by atoms with Gasteiger partial charge in [-0.3, -0.25) is 14.9 Å². The van der Waals surface area contributed by atoms with Crippen molar-refractivity contribution < 1.29 is 14.3 Å². The number of anilines is 2. The van der Waals surface area contributed by atoms with Crippen LogP contribution in [-0.2, 0) is 14.3 Å². The Kier molecular flexibility index (Phi) is 6.73. The molecule has 2 aliphatic heterocycles. The Hall–Kier alpha value is -3.05. The number of carbonyl (C=O) groups is 2. The molecule has 0 radical (unpaired) electrons. The number of nitrogens with zero attached hydrogens (tertiary/aromatic N) is 5. The third-order valence-corrected chi connectivity index (χ3v) is 5.34. The lowest BCUT2D eigenvalue weighted by molar-refractivity contribution is -0.124. The van der Waals surface area contributed by atoms with Gasteiger partial charge in [0.25, 0.3) is 5.91 Å². The minimum atomic E-state index is -0.378. The number of amides is 2. The van der Waals surface area contributed by atoms with E-state index in [1.807, 2.05) is 0 Å². The van der Waals surface area contributed by atoms with Crippen LogP contribution in [0, 0.1) is 0 Å². The van der Waals surface area contributed by atoms with E-state index in [1.54, 1.807) is 23.9 Å². The lowest BCUT2D eigenvalue weighted by Gasteiger charge is -2.14. The van der Waals surface area contributed by atoms with E-state index >= 15 is 0 Å². The Morgan fingerprint density at radius 2 is 2.03 bits per heavy atom. The van der Waals surface area contributed by atoms with E-state index in [0.29, 0.717) is 41.8 Å². The van der Waals surface area contributed by atoms with Crippen molar-refractivity contribution >= 4 is 35.4 Å². The summed E-state index contributed by atoms with van der Waals surface area (Å²) in [6, 6.07) is 0. The first-order valence-corrected chi connectivity index (χ1v) is 10.6. The summed E-state index contributed by atoms with van der Waals surface area (Å²) < 4.78 is 6.70. The molecule has 0 aromatic carbocycles. The quantitative estimate of drug-likeness (QED) is 0.282. The maximum Gasteiger partial charge on any atom is 0.254 e. The molecule has 4 heterocycles. The fraction of sp³-hybridized carbons (Fsp3) is 0.550. The smallest absolute Gasteiger partial charge is 0.254 e. The number of aromatic nitrogens is 4. The van der Waals surface area contributed by atoms with E-state index in [-0.39, 0.29) is 18.2 Å². The largest absolute Gasteiger partial charge is 0.383 e. The first-order valence-electron chi connectivity index (χ1n) is 10.6. The molecular formula is C20H28N8O3. The topological polar surface area (TPSA) is 126 Å². The number of likely N-dealkylation sites (tertiary alicyclic amines) is 1. The van der Waals surface area contributed by atoms with Gasteiger partial charge in [-0.25, -0.2) is 0 Å². The van der Waals surface area contributed by atoms with E-state index < -0.39 is 0 Å². The van der Waals surface area contributed by atoms with Gasteiger partial charge in [-0.05, 0) is 45.0 Å². The normalized spacial score (nSPS) is 18.3. The summed E-state index contributed by atoms with van der Waals surface area (Å²) >= 11 is 0. The maximum absolute atomic E-state index is 11.9. The highest BCUT2D eigenvalue weighted by Gasteiger charge is 2.24. The summed E-state index contributed by atoms with van der Waals surface area (Å²) in [6.45, 7) is 5.25. The number of fused-ring (bicyclic) bond motifs is 1. The third kappa shape index (κ3) is 5.17. The van der Waals surface area contributed by atoms with Gasteiger partial charge in [0, 0.05) is 31.3 Å². The van der Waals surface area contributed by atoms with E-state index in [9.17, 15) is 9.59 Å². The summed E-state index contributed by atoms with van der Waals surface area (Å²) in [4.78, 5) is 35.1. The highest BCUT2D eigenvalue weighted by molar-refractivity contribution is 6.15. The van der Waals surface area contributed by atoms with Gasteiger partial charge >= 0.3 is 0 Å². The molecule has 3 N–H and O–H groups in total. The van der Waals surface area contributed by atoms with Crippen LogP contribution < -0.4 is 16.0 Å². The Morgan fingerprint density at radius 3 is 2.77 bits per heavy atom. The predicted octanol–water partition coefficient (Wildman–Crippen LogP) is 0.510. The molecule has 2 fully saturated rings. The fourth-order valence-electron chi connectivity index (χ4n) is 3.77. The molecule has 2 aromatic rings. The van der Waals surface area contributed by atoms with Gasteiger partial charge in [0.1, 0.15) is 0 Å². The van der Waals surface area contributed by atoms with Crippen LogP contribution in [0.1, 0.15) is 31.2 Å². The van der Waals surface area contributed by atoms with Crippen molar-refractivity contribution in [3.05, 3.63) is 17.3 Å². The number of methoxy groups -OCH3 is 1. The number of ether oxygens (including phenoxy) is 1. The van der Waals surface area contributed by atoms with Crippen molar-refractivity contribution in [2.45, 2.75) is 25.7 Å². The molecule has 166 valence electrons. The Labute approximate surface area is 180 Å². The zero-order chi connectivity index (χ0) is 21.6. The molecule has 31 heavy (non-hydrogen) atoms. The molecule has 11 nitrogen and oxygen atoms in total. The van der Waals surface area contributed by atoms with Crippen molar-refractivity contribution in [2.24, 2.45) is 0 Å². The van der Waals surface area contributed by atoms with Crippen LogP contribution in [-0.4, -0.2) is 82.7 Å². The van der Waals surface area contributed by atoms with Crippen LogP contribution in [0.3, 0.4) is 0 Å². The van der Waals surface area contributed by atoms with E-state index in [0.717, 1.165) is 19.5 Å². The van der Waals surface area contributed by atoms with Crippen molar-refractivity contribution in [1.29, 1.82) is 0 Å². The van der Waals surface area contributed by atoms with Crippen molar-refractivity contribution in [2.75, 3.05) is 57.1 Å². The van der Waals surface area contributed by atoms with Gasteiger partial charge in [0.05, 0.1) is 19.2 Å². The molecule has 0 unspecified atom stereocenters. The van der Waals surface area contributed by atoms with Crippen molar-refractivity contribution in [1.82, 2.24) is 29.8 Å². The molecule has 11 heteroatoms. The van der Waals surface area contributed by atoms with Crippen LogP contribution in [0.5, 0.6) is 0 Å². The highest BCUT2D eigenvalue weighted by Crippen LogP contribution is 2.20. The second kappa shape index (κ2) is 9.84. The van der Waals surface area contributed by atoms with Crippen LogP contribution in [0.2, 0.25) is 0 Å². The SMILES string of the molecule is COCCNc1nc(NCCCN2CCCC2)nc2c(C=C3CC(=O)NC3=O)cnn12. The zero-order valence-electron chi connectivity index (χ0n) is 17.7. The number of nitrogens with one attached hydrogen (secondary N) is 3. The third-order valence-electron chi connectivity index (χ3n) is 5.34. The Morgan fingerprint density at radius 1 is 1.19 bits per heavy atom. The highest BCUT2D eigenvalue weighted by atomic mass is 16.5. The molecule has 2 saturated heterocycles. The summed E-state index contributed by atoms with van der Waals surface area (Å²) in [7, 11) is 1.64. The summed E-state index contributed by atoms with van der Waals surface area (Å²) in [6.07, 6.45) is 6.90. The molecule has 0 bridgehead atoms. The first-order chi connectivity index (χ1) is 15.1. The number of rotatable bonds is 10. The van der Waals surface area contributed by atoms with E-state index in [2.05, 4.69) is 35.9 Å². The van der Waals surface area contributed by atoms with Crippen molar-refractivity contribution in [3.8, 4) is 0 Å². The van der Waals surface area contributed by atoms with Gasteiger partial charge in [0.2, 0.25) is 17.8 Å². The van der Waals surface area contributed by atoms with Gasteiger partial charge in [-0.2, -0.15) is 19.6 Å². The number of hydrogen-bond donors (Lipinski definition) is 3. The van der Waals surface area contributed by atoms with Crippen LogP contribution >= 0.6 is 0 Å². The summed E-state index contributed by atoms with van der Waals surface area (Å²) in [5, 5.41) is 13.2. The number of imide groups is 1. The summed E-state index contributed by atoms with van der Waals surface area (Å²) in [5.74, 6) is 0.336. The molecule has 2 aromatic heterocycles. The minimum Gasteiger partial charge on any atom is -0.383 e. The van der Waals surface area contributed by atoms with Crippen molar-refractivity contribution in [3.63, 3.8) is 0 Å². The lowest BCUT2D eigenvalue weighted by atomic mass is 10.1. The second-order valence-electron chi connectivity index (χ2n) is 7.68. The predicted molar refractivity (Wildman–Crippen MR) is 116 cm³/mol. The molecule has 2 amide bonds. The Bertz CT molecular complexity index is 980. The molecule has 0 atom stereocenters. The molecule has 2 aliphatic rings. The van der Waals surface area contributed by atoms with Crippen LogP contribution in [0.25, 0.3) is 11.7 Å². The van der Waals surface area contributed by atoms with Crippen LogP contribution in [0.15, 0.2) is 11.8 Å². The van der Waals surface area contributed by atoms with Gasteiger partial charge in [-0.1, -0.05) is 0 Å². The molecule has 0 saturated carbocycles. The number of carbonyl (C=O) groups excluding carboxylic acids is 2. The average Bonchev–Trinajstić information content (AvgIpc) is 3.47. The monoisotopic (exact) mass is 428 g/mol. The average molecular weight is 428 g/mol. The molecule has 4 rings (SSSR count). The minimum absolute atomic E-state index is 0.0574. The molecule has 0 aliphatic carbocycles.